The molecule has 1 fully saturated rings. The Balaban J connectivity index is 1.67. The number of amides is 1. The number of aryl methyl sites for hydroxylation is 2. The molecule has 0 bridgehead atoms. The number of pyridine rings is 1. The molecule has 1 aliphatic heterocycles. The first-order valence-corrected chi connectivity index (χ1v) is 7.40. The number of piperazine rings is 1. The third-order valence-electron chi connectivity index (χ3n) is 3.89. The van der Waals surface area contributed by atoms with Crippen molar-refractivity contribution >= 4 is 11.7 Å². The first-order valence-electron chi connectivity index (χ1n) is 7.40. The fourth-order valence-electron chi connectivity index (χ4n) is 2.64. The van der Waals surface area contributed by atoms with Crippen molar-refractivity contribution in [1.82, 2.24) is 19.9 Å². The zero-order valence-corrected chi connectivity index (χ0v) is 12.9. The molecule has 0 atom stereocenters. The van der Waals surface area contributed by atoms with E-state index >= 15 is 0 Å². The first-order chi connectivity index (χ1) is 10.6. The predicted octanol–water partition coefficient (Wildman–Crippen LogP) is 1.45. The average molecular weight is 297 g/mol. The summed E-state index contributed by atoms with van der Waals surface area (Å²) in [7, 11) is 0. The molecule has 0 aliphatic carbocycles. The molecule has 22 heavy (non-hydrogen) atoms. The molecule has 0 aromatic carbocycles. The van der Waals surface area contributed by atoms with E-state index in [9.17, 15) is 4.79 Å². The van der Waals surface area contributed by atoms with Gasteiger partial charge < -0.3 is 9.80 Å². The standard InChI is InChI=1S/C16H19N5O/c1-12-14(4-3-6-17-12)16(22)21-10-8-20(9-11-21)15-5-7-18-13(2)19-15/h3-7H,8-11H2,1-2H3. The summed E-state index contributed by atoms with van der Waals surface area (Å²) in [5.74, 6) is 1.75. The van der Waals surface area contributed by atoms with Gasteiger partial charge in [-0.2, -0.15) is 0 Å². The minimum Gasteiger partial charge on any atom is -0.353 e. The molecule has 2 aromatic heterocycles. The number of aromatic nitrogens is 3. The average Bonchev–Trinajstić information content (AvgIpc) is 2.55. The second-order valence-electron chi connectivity index (χ2n) is 5.38. The SMILES string of the molecule is Cc1nccc(N2CCN(C(=O)c3cccnc3C)CC2)n1. The summed E-state index contributed by atoms with van der Waals surface area (Å²) in [6, 6.07) is 5.56. The van der Waals surface area contributed by atoms with Crippen LogP contribution in [0.5, 0.6) is 0 Å². The van der Waals surface area contributed by atoms with Gasteiger partial charge in [-0.15, -0.1) is 0 Å². The van der Waals surface area contributed by atoms with E-state index in [1.54, 1.807) is 18.5 Å². The topological polar surface area (TPSA) is 62.2 Å². The van der Waals surface area contributed by atoms with Gasteiger partial charge in [-0.1, -0.05) is 0 Å². The van der Waals surface area contributed by atoms with Gasteiger partial charge in [0.05, 0.1) is 5.56 Å². The Hall–Kier alpha value is -2.50. The molecule has 1 amide bonds. The number of nitrogens with zero attached hydrogens (tertiary/aromatic N) is 5. The maximum atomic E-state index is 12.6. The van der Waals surface area contributed by atoms with Gasteiger partial charge in [0.1, 0.15) is 11.6 Å². The van der Waals surface area contributed by atoms with Crippen LogP contribution in [-0.4, -0.2) is 51.9 Å². The van der Waals surface area contributed by atoms with Gasteiger partial charge >= 0.3 is 0 Å². The zero-order valence-electron chi connectivity index (χ0n) is 12.9. The van der Waals surface area contributed by atoms with Crippen molar-refractivity contribution in [2.45, 2.75) is 13.8 Å². The van der Waals surface area contributed by atoms with E-state index in [4.69, 9.17) is 0 Å². The van der Waals surface area contributed by atoms with Crippen LogP contribution >= 0.6 is 0 Å². The molecule has 0 radical (unpaired) electrons. The van der Waals surface area contributed by atoms with Crippen molar-refractivity contribution in [2.24, 2.45) is 0 Å². The minimum atomic E-state index is 0.0594. The third kappa shape index (κ3) is 2.90. The molecule has 0 spiro atoms. The molecule has 3 rings (SSSR count). The summed E-state index contributed by atoms with van der Waals surface area (Å²) in [4.78, 5) is 29.4. The molecule has 1 saturated heterocycles. The molecule has 0 N–H and O–H groups in total. The van der Waals surface area contributed by atoms with E-state index in [0.717, 1.165) is 30.4 Å². The van der Waals surface area contributed by atoms with Crippen LogP contribution in [-0.2, 0) is 0 Å². The zero-order chi connectivity index (χ0) is 15.5. The Morgan fingerprint density at radius 3 is 2.50 bits per heavy atom. The van der Waals surface area contributed by atoms with Gasteiger partial charge in [-0.25, -0.2) is 9.97 Å². The number of hydrogen-bond donors (Lipinski definition) is 0. The van der Waals surface area contributed by atoms with Gasteiger partial charge in [0.25, 0.3) is 5.91 Å². The highest BCUT2D eigenvalue weighted by Crippen LogP contribution is 2.15. The van der Waals surface area contributed by atoms with Gasteiger partial charge in [-0.05, 0) is 32.0 Å². The smallest absolute Gasteiger partial charge is 0.255 e. The van der Waals surface area contributed by atoms with Crippen LogP contribution in [0, 0.1) is 13.8 Å². The van der Waals surface area contributed by atoms with Crippen LogP contribution in [0.25, 0.3) is 0 Å². The summed E-state index contributed by atoms with van der Waals surface area (Å²) in [5, 5.41) is 0. The van der Waals surface area contributed by atoms with Crippen LogP contribution in [0.1, 0.15) is 21.9 Å². The van der Waals surface area contributed by atoms with Crippen molar-refractivity contribution in [2.75, 3.05) is 31.1 Å². The number of carbonyl (C=O) groups is 1. The number of anilines is 1. The summed E-state index contributed by atoms with van der Waals surface area (Å²) >= 11 is 0. The predicted molar refractivity (Wildman–Crippen MR) is 83.9 cm³/mol. The Kier molecular flexibility index (Phi) is 4.00. The minimum absolute atomic E-state index is 0.0594. The maximum absolute atomic E-state index is 12.6. The molecule has 114 valence electrons. The molecule has 6 heteroatoms. The summed E-state index contributed by atoms with van der Waals surface area (Å²) in [6.45, 7) is 6.69. The van der Waals surface area contributed by atoms with Gasteiger partial charge in [-0.3, -0.25) is 9.78 Å². The van der Waals surface area contributed by atoms with E-state index in [1.807, 2.05) is 30.9 Å². The fourth-order valence-corrected chi connectivity index (χ4v) is 2.64. The molecular formula is C16H19N5O. The second-order valence-corrected chi connectivity index (χ2v) is 5.38. The van der Waals surface area contributed by atoms with E-state index < -0.39 is 0 Å². The highest BCUT2D eigenvalue weighted by atomic mass is 16.2. The van der Waals surface area contributed by atoms with Gasteiger partial charge in [0, 0.05) is 44.3 Å². The van der Waals surface area contributed by atoms with Gasteiger partial charge in [0.15, 0.2) is 0 Å². The Morgan fingerprint density at radius 2 is 1.82 bits per heavy atom. The lowest BCUT2D eigenvalue weighted by molar-refractivity contribution is 0.0745. The van der Waals surface area contributed by atoms with E-state index in [-0.39, 0.29) is 5.91 Å². The number of rotatable bonds is 2. The normalized spacial score (nSPS) is 15.0. The van der Waals surface area contributed by atoms with Crippen LogP contribution in [0.3, 0.4) is 0 Å². The van der Waals surface area contributed by atoms with Crippen molar-refractivity contribution in [1.29, 1.82) is 0 Å². The Labute approximate surface area is 129 Å². The number of hydrogen-bond acceptors (Lipinski definition) is 5. The molecular weight excluding hydrogens is 278 g/mol. The van der Waals surface area contributed by atoms with Crippen molar-refractivity contribution < 1.29 is 4.79 Å². The fraction of sp³-hybridized carbons (Fsp3) is 0.375. The highest BCUT2D eigenvalue weighted by molar-refractivity contribution is 5.95. The lowest BCUT2D eigenvalue weighted by Gasteiger charge is -2.35. The molecule has 1 aliphatic rings. The van der Waals surface area contributed by atoms with Crippen LogP contribution in [0.15, 0.2) is 30.6 Å². The maximum Gasteiger partial charge on any atom is 0.255 e. The Morgan fingerprint density at radius 1 is 1.05 bits per heavy atom. The first kappa shape index (κ1) is 14.4. The lowest BCUT2D eigenvalue weighted by Crippen LogP contribution is -2.49. The van der Waals surface area contributed by atoms with Crippen LogP contribution in [0.4, 0.5) is 5.82 Å². The lowest BCUT2D eigenvalue weighted by atomic mass is 10.1. The largest absolute Gasteiger partial charge is 0.353 e. The van der Waals surface area contributed by atoms with Crippen molar-refractivity contribution in [3.8, 4) is 0 Å². The molecule has 0 unspecified atom stereocenters. The molecule has 0 saturated carbocycles. The third-order valence-corrected chi connectivity index (χ3v) is 3.89. The summed E-state index contributed by atoms with van der Waals surface area (Å²) in [5.41, 5.74) is 1.47. The van der Waals surface area contributed by atoms with Crippen molar-refractivity contribution in [3.63, 3.8) is 0 Å². The molecule has 2 aromatic rings. The highest BCUT2D eigenvalue weighted by Gasteiger charge is 2.23. The quantitative estimate of drug-likeness (QED) is 0.839. The van der Waals surface area contributed by atoms with E-state index in [0.29, 0.717) is 18.7 Å². The monoisotopic (exact) mass is 297 g/mol. The summed E-state index contributed by atoms with van der Waals surface area (Å²) < 4.78 is 0. The summed E-state index contributed by atoms with van der Waals surface area (Å²) in [6.07, 6.45) is 3.48. The number of carbonyl (C=O) groups excluding carboxylic acids is 1. The molecule has 3 heterocycles. The Bertz CT molecular complexity index is 680. The van der Waals surface area contributed by atoms with E-state index in [1.165, 1.54) is 0 Å². The van der Waals surface area contributed by atoms with Crippen LogP contribution < -0.4 is 4.90 Å². The van der Waals surface area contributed by atoms with Crippen LogP contribution in [0.2, 0.25) is 0 Å². The second kappa shape index (κ2) is 6.09. The van der Waals surface area contributed by atoms with Gasteiger partial charge in [0.2, 0.25) is 0 Å². The molecule has 6 nitrogen and oxygen atoms in total. The van der Waals surface area contributed by atoms with Crippen molar-refractivity contribution in [3.05, 3.63) is 47.7 Å². The van der Waals surface area contributed by atoms with E-state index in [2.05, 4.69) is 19.9 Å².